The molecule has 1 rings (SSSR count). The van der Waals surface area contributed by atoms with E-state index in [0.717, 1.165) is 4.89 Å². The Labute approximate surface area is 79.9 Å². The van der Waals surface area contributed by atoms with Gasteiger partial charge >= 0.3 is 0 Å². The van der Waals surface area contributed by atoms with Gasteiger partial charge in [0.15, 0.2) is 4.91 Å². The van der Waals surface area contributed by atoms with E-state index >= 15 is 0 Å². The van der Waals surface area contributed by atoms with Gasteiger partial charge in [-0.15, -0.1) is 0 Å². The summed E-state index contributed by atoms with van der Waals surface area (Å²) in [5.41, 5.74) is -0.502. The van der Waals surface area contributed by atoms with Crippen LogP contribution in [0.3, 0.4) is 0 Å². The minimum absolute atomic E-state index is 0.396. The molecule has 7 nitrogen and oxygen atoms in total. The molecule has 0 aromatic carbocycles. The molecule has 78 valence electrons. The fraction of sp³-hybridized carbons (Fsp3) is 0.333. The zero-order valence-corrected chi connectivity index (χ0v) is 7.82. The Bertz CT molecular complexity index is 408. The van der Waals surface area contributed by atoms with E-state index in [1.807, 2.05) is 0 Å². The minimum atomic E-state index is -4.16. The lowest BCUT2D eigenvalue weighted by Gasteiger charge is -2.08. The van der Waals surface area contributed by atoms with Gasteiger partial charge in [0.25, 0.3) is 15.7 Å². The minimum Gasteiger partial charge on any atom is -0.302 e. The number of hydrogen-bond acceptors (Lipinski definition) is 5. The Morgan fingerprint density at radius 2 is 2.00 bits per heavy atom. The Morgan fingerprint density at radius 3 is 2.50 bits per heavy atom. The van der Waals surface area contributed by atoms with E-state index in [1.54, 1.807) is 0 Å². The lowest BCUT2D eigenvalue weighted by atomic mass is 10.1. The average Bonchev–Trinajstić information content (AvgIpc) is 2.18. The van der Waals surface area contributed by atoms with Crippen molar-refractivity contribution in [2.75, 3.05) is 0 Å². The molecule has 2 N–H and O–H groups in total. The molecule has 0 spiro atoms. The van der Waals surface area contributed by atoms with Crippen LogP contribution in [0.5, 0.6) is 0 Å². The van der Waals surface area contributed by atoms with E-state index < -0.39 is 25.5 Å². The maximum atomic E-state index is 11.1. The van der Waals surface area contributed by atoms with Crippen molar-refractivity contribution < 1.29 is 18.5 Å². The highest BCUT2D eigenvalue weighted by atomic mass is 32.2. The quantitative estimate of drug-likeness (QED) is 0.519. The van der Waals surface area contributed by atoms with Gasteiger partial charge in [-0.2, -0.15) is 0 Å². The number of allylic oxidation sites excluding steroid dienone is 2. The second-order valence-corrected chi connectivity index (χ2v) is 4.22. The van der Waals surface area contributed by atoms with Crippen LogP contribution < -0.4 is 4.89 Å². The summed E-state index contributed by atoms with van der Waals surface area (Å²) in [5.74, 6) is 0. The van der Waals surface area contributed by atoms with Gasteiger partial charge in [-0.05, 0) is 18.9 Å². The van der Waals surface area contributed by atoms with Gasteiger partial charge in [0.2, 0.25) is 0 Å². The van der Waals surface area contributed by atoms with Crippen molar-refractivity contribution in [3.05, 3.63) is 32.9 Å². The SMILES string of the molecule is O=[N+]([O-])C1=CCCC=C1S(=O)(=O)NO. The van der Waals surface area contributed by atoms with Crippen LogP contribution in [0, 0.1) is 10.1 Å². The van der Waals surface area contributed by atoms with Crippen LogP contribution in [0.1, 0.15) is 12.8 Å². The zero-order valence-electron chi connectivity index (χ0n) is 7.00. The van der Waals surface area contributed by atoms with Crippen molar-refractivity contribution >= 4 is 10.0 Å². The molecule has 1 aliphatic carbocycles. The lowest BCUT2D eigenvalue weighted by molar-refractivity contribution is -0.420. The average molecular weight is 220 g/mol. The number of hydrogen-bond donors (Lipinski definition) is 2. The molecule has 0 aliphatic heterocycles. The highest BCUT2D eigenvalue weighted by Gasteiger charge is 2.30. The molecule has 0 bridgehead atoms. The van der Waals surface area contributed by atoms with Crippen LogP contribution in [0.25, 0.3) is 0 Å². The molecule has 0 saturated heterocycles. The number of nitro groups is 1. The summed E-state index contributed by atoms with van der Waals surface area (Å²) in [5, 5.41) is 18.8. The molecule has 0 fully saturated rings. The summed E-state index contributed by atoms with van der Waals surface area (Å²) in [6.45, 7) is 0. The molecule has 8 heteroatoms. The van der Waals surface area contributed by atoms with Crippen LogP contribution in [0.2, 0.25) is 0 Å². The first-order chi connectivity index (χ1) is 6.49. The smallest absolute Gasteiger partial charge is 0.285 e. The fourth-order valence-corrected chi connectivity index (χ4v) is 1.97. The molecular weight excluding hydrogens is 212 g/mol. The van der Waals surface area contributed by atoms with Crippen LogP contribution in [-0.2, 0) is 10.0 Å². The van der Waals surface area contributed by atoms with Crippen molar-refractivity contribution in [2.24, 2.45) is 0 Å². The standard InChI is InChI=1S/C6H8N2O5S/c9-7-14(12,13)6-4-2-1-3-5(6)8(10)11/h3-4,7,9H,1-2H2. The molecule has 0 saturated carbocycles. The third-order valence-electron chi connectivity index (χ3n) is 1.69. The summed E-state index contributed by atoms with van der Waals surface area (Å²) in [6.07, 6.45) is 3.23. The first-order valence-corrected chi connectivity index (χ1v) is 5.18. The number of rotatable bonds is 3. The Balaban J connectivity index is 3.16. The highest BCUT2D eigenvalue weighted by molar-refractivity contribution is 7.93. The molecule has 0 amide bonds. The van der Waals surface area contributed by atoms with E-state index in [0.29, 0.717) is 12.8 Å². The first kappa shape index (κ1) is 10.8. The van der Waals surface area contributed by atoms with Gasteiger partial charge in [0.1, 0.15) is 0 Å². The highest BCUT2D eigenvalue weighted by Crippen LogP contribution is 2.22. The maximum Gasteiger partial charge on any atom is 0.285 e. The van der Waals surface area contributed by atoms with Crippen LogP contribution in [-0.4, -0.2) is 18.5 Å². The second kappa shape index (κ2) is 3.86. The van der Waals surface area contributed by atoms with Crippen molar-refractivity contribution in [1.82, 2.24) is 4.89 Å². The lowest BCUT2D eigenvalue weighted by Crippen LogP contribution is -2.25. The van der Waals surface area contributed by atoms with Gasteiger partial charge in [-0.1, -0.05) is 11.0 Å². The topological polar surface area (TPSA) is 110 Å². The summed E-state index contributed by atoms with van der Waals surface area (Å²) in [6, 6.07) is 0. The first-order valence-electron chi connectivity index (χ1n) is 3.70. The molecule has 14 heavy (non-hydrogen) atoms. The molecule has 0 radical (unpaired) electrons. The number of sulfonamides is 1. The van der Waals surface area contributed by atoms with Crippen LogP contribution in [0.4, 0.5) is 0 Å². The summed E-state index contributed by atoms with van der Waals surface area (Å²) in [7, 11) is -4.16. The molecule has 1 aliphatic rings. The second-order valence-electron chi connectivity index (χ2n) is 2.59. The van der Waals surface area contributed by atoms with Gasteiger partial charge in [-0.3, -0.25) is 10.1 Å². The van der Waals surface area contributed by atoms with E-state index in [4.69, 9.17) is 5.21 Å². The molecule has 0 aromatic heterocycles. The third-order valence-corrected chi connectivity index (χ3v) is 2.89. The number of nitrogens with zero attached hydrogens (tertiary/aromatic N) is 1. The number of nitrogens with one attached hydrogen (secondary N) is 1. The van der Waals surface area contributed by atoms with Crippen LogP contribution >= 0.6 is 0 Å². The van der Waals surface area contributed by atoms with Crippen molar-refractivity contribution in [3.63, 3.8) is 0 Å². The normalized spacial score (nSPS) is 17.2. The molecule has 0 aromatic rings. The van der Waals surface area contributed by atoms with Crippen molar-refractivity contribution in [1.29, 1.82) is 0 Å². The van der Waals surface area contributed by atoms with Gasteiger partial charge in [0, 0.05) is 0 Å². The van der Waals surface area contributed by atoms with E-state index in [-0.39, 0.29) is 0 Å². The summed E-state index contributed by atoms with van der Waals surface area (Å²) >= 11 is 0. The van der Waals surface area contributed by atoms with Gasteiger partial charge in [0.05, 0.1) is 4.92 Å². The monoisotopic (exact) mass is 220 g/mol. The molecular formula is C6H8N2O5S. The predicted octanol–water partition coefficient (Wildman–Crippen LogP) is 0.133. The summed E-state index contributed by atoms with van der Waals surface area (Å²) < 4.78 is 22.2. The molecule has 0 atom stereocenters. The van der Waals surface area contributed by atoms with E-state index in [1.165, 1.54) is 12.2 Å². The van der Waals surface area contributed by atoms with Gasteiger partial charge < -0.3 is 5.21 Å². The van der Waals surface area contributed by atoms with Crippen molar-refractivity contribution in [3.8, 4) is 0 Å². The van der Waals surface area contributed by atoms with Gasteiger partial charge in [-0.25, -0.2) is 8.42 Å². The maximum absolute atomic E-state index is 11.1. The summed E-state index contributed by atoms with van der Waals surface area (Å²) in [4.78, 5) is 10.2. The van der Waals surface area contributed by atoms with E-state index in [2.05, 4.69) is 0 Å². The Hall–Kier alpha value is -1.25. The Morgan fingerprint density at radius 1 is 1.43 bits per heavy atom. The van der Waals surface area contributed by atoms with Crippen molar-refractivity contribution in [2.45, 2.75) is 12.8 Å². The molecule has 0 unspecified atom stereocenters. The fourth-order valence-electron chi connectivity index (χ4n) is 1.10. The Kier molecular flexibility index (Phi) is 2.99. The predicted molar refractivity (Wildman–Crippen MR) is 46.2 cm³/mol. The molecule has 0 heterocycles. The third kappa shape index (κ3) is 1.97. The largest absolute Gasteiger partial charge is 0.302 e. The van der Waals surface area contributed by atoms with E-state index in [9.17, 15) is 18.5 Å². The van der Waals surface area contributed by atoms with Crippen LogP contribution in [0.15, 0.2) is 22.8 Å². The zero-order chi connectivity index (χ0) is 10.8.